The summed E-state index contributed by atoms with van der Waals surface area (Å²) in [6.45, 7) is 12.2. The van der Waals surface area contributed by atoms with Crippen molar-refractivity contribution in [1.29, 1.82) is 0 Å². The molecule has 0 bridgehead atoms. The van der Waals surface area contributed by atoms with Gasteiger partial charge in [0.15, 0.2) is 0 Å². The lowest BCUT2D eigenvalue weighted by atomic mass is 10.2. The van der Waals surface area contributed by atoms with Crippen LogP contribution in [0.4, 0.5) is 5.69 Å². The van der Waals surface area contributed by atoms with Crippen molar-refractivity contribution in [2.75, 3.05) is 50.8 Å². The summed E-state index contributed by atoms with van der Waals surface area (Å²) in [5, 5.41) is 0. The van der Waals surface area contributed by atoms with E-state index in [0.29, 0.717) is 50.5 Å². The highest BCUT2D eigenvalue weighted by Crippen LogP contribution is 2.29. The molecule has 0 saturated carbocycles. The number of benzene rings is 1. The number of hydrogen-bond donors (Lipinski definition) is 0. The van der Waals surface area contributed by atoms with Crippen LogP contribution in [0, 0.1) is 13.8 Å². The molecule has 1 aromatic heterocycles. The molecule has 2 aromatic rings. The van der Waals surface area contributed by atoms with Gasteiger partial charge in [-0.1, -0.05) is 19.1 Å². The van der Waals surface area contributed by atoms with E-state index in [1.807, 2.05) is 43.9 Å². The summed E-state index contributed by atoms with van der Waals surface area (Å²) < 4.78 is 11.3. The molecule has 1 aliphatic rings. The van der Waals surface area contributed by atoms with Crippen LogP contribution in [0.2, 0.25) is 0 Å². The van der Waals surface area contributed by atoms with Crippen molar-refractivity contribution >= 4 is 17.5 Å². The van der Waals surface area contributed by atoms with Gasteiger partial charge in [0, 0.05) is 45.7 Å². The predicted molar refractivity (Wildman–Crippen MR) is 125 cm³/mol. The van der Waals surface area contributed by atoms with Crippen LogP contribution in [0.15, 0.2) is 34.7 Å². The number of aryl methyl sites for hydroxylation is 2. The molecule has 2 heterocycles. The first kappa shape index (κ1) is 23.7. The van der Waals surface area contributed by atoms with Gasteiger partial charge in [0.1, 0.15) is 17.3 Å². The van der Waals surface area contributed by atoms with Crippen LogP contribution < -0.4 is 9.64 Å². The summed E-state index contributed by atoms with van der Waals surface area (Å²) in [6, 6.07) is 9.82. The third kappa shape index (κ3) is 5.64. The summed E-state index contributed by atoms with van der Waals surface area (Å²) >= 11 is 0. The highest BCUT2D eigenvalue weighted by Gasteiger charge is 2.25. The normalized spacial score (nSPS) is 13.9. The van der Waals surface area contributed by atoms with Gasteiger partial charge < -0.3 is 23.9 Å². The van der Waals surface area contributed by atoms with E-state index in [1.165, 1.54) is 0 Å². The lowest BCUT2D eigenvalue weighted by Crippen LogP contribution is -2.49. The van der Waals surface area contributed by atoms with Crippen molar-refractivity contribution in [1.82, 2.24) is 9.80 Å². The minimum Gasteiger partial charge on any atom is -0.492 e. The first-order chi connectivity index (χ1) is 15.4. The monoisotopic (exact) mass is 441 g/mol. The van der Waals surface area contributed by atoms with E-state index >= 15 is 0 Å². The zero-order chi connectivity index (χ0) is 23.1. The number of amides is 2. The van der Waals surface area contributed by atoms with Crippen LogP contribution in [0.3, 0.4) is 0 Å². The molecule has 0 atom stereocenters. The highest BCUT2D eigenvalue weighted by atomic mass is 16.5. The fourth-order valence-electron chi connectivity index (χ4n) is 4.18. The minimum atomic E-state index is -0.0636. The fourth-order valence-corrected chi connectivity index (χ4v) is 4.18. The molecule has 1 aliphatic heterocycles. The number of hydrogen-bond acceptors (Lipinski definition) is 5. The summed E-state index contributed by atoms with van der Waals surface area (Å²) in [5.74, 6) is 2.27. The van der Waals surface area contributed by atoms with Gasteiger partial charge in [-0.3, -0.25) is 9.59 Å². The second-order valence-electron chi connectivity index (χ2n) is 8.14. The number of para-hydroxylation sites is 2. The molecular weight excluding hydrogens is 406 g/mol. The molecule has 0 N–H and O–H groups in total. The average molecular weight is 442 g/mol. The first-order valence-electron chi connectivity index (χ1n) is 11.5. The van der Waals surface area contributed by atoms with E-state index in [9.17, 15) is 9.59 Å². The number of nitrogens with zero attached hydrogens (tertiary/aromatic N) is 3. The van der Waals surface area contributed by atoms with Gasteiger partial charge in [0.25, 0.3) is 5.91 Å². The number of ether oxygens (including phenoxy) is 1. The van der Waals surface area contributed by atoms with E-state index in [-0.39, 0.29) is 11.8 Å². The smallest absolute Gasteiger partial charge is 0.257 e. The Morgan fingerprint density at radius 1 is 1.06 bits per heavy atom. The Kier molecular flexibility index (Phi) is 8.20. The molecule has 0 unspecified atom stereocenters. The molecule has 174 valence electrons. The quantitative estimate of drug-likeness (QED) is 0.591. The van der Waals surface area contributed by atoms with Gasteiger partial charge in [-0.05, 0) is 45.4 Å². The van der Waals surface area contributed by atoms with Gasteiger partial charge in [0.05, 0.1) is 17.9 Å². The number of carbonyl (C=O) groups is 2. The predicted octanol–water partition coefficient (Wildman–Crippen LogP) is 3.89. The fraction of sp³-hybridized carbons (Fsp3) is 0.520. The second kappa shape index (κ2) is 11.1. The van der Waals surface area contributed by atoms with E-state index in [0.717, 1.165) is 36.7 Å². The number of carbonyl (C=O) groups excluding carboxylic acids is 2. The molecule has 3 rings (SSSR count). The van der Waals surface area contributed by atoms with Crippen molar-refractivity contribution in [3.63, 3.8) is 0 Å². The van der Waals surface area contributed by atoms with E-state index < -0.39 is 0 Å². The maximum Gasteiger partial charge on any atom is 0.257 e. The molecule has 0 spiro atoms. The third-order valence-electron chi connectivity index (χ3n) is 5.79. The Hall–Kier alpha value is -2.96. The molecule has 7 heteroatoms. The first-order valence-corrected chi connectivity index (χ1v) is 11.5. The molecule has 1 fully saturated rings. The van der Waals surface area contributed by atoms with E-state index in [1.54, 1.807) is 17.9 Å². The van der Waals surface area contributed by atoms with E-state index in [2.05, 4.69) is 11.0 Å². The molecular formula is C25H35N3O4. The molecule has 1 saturated heterocycles. The van der Waals surface area contributed by atoms with Crippen LogP contribution >= 0.6 is 0 Å². The van der Waals surface area contributed by atoms with Gasteiger partial charge >= 0.3 is 0 Å². The average Bonchev–Trinajstić information content (AvgIpc) is 3.14. The summed E-state index contributed by atoms with van der Waals surface area (Å²) in [5.41, 5.74) is 1.66. The lowest BCUT2D eigenvalue weighted by Gasteiger charge is -2.37. The molecule has 0 aliphatic carbocycles. The molecule has 2 amide bonds. The zero-order valence-corrected chi connectivity index (χ0v) is 19.7. The summed E-state index contributed by atoms with van der Waals surface area (Å²) in [4.78, 5) is 31.8. The second-order valence-corrected chi connectivity index (χ2v) is 8.14. The maximum absolute atomic E-state index is 13.0. The van der Waals surface area contributed by atoms with Crippen LogP contribution in [0.5, 0.6) is 5.75 Å². The number of rotatable bonds is 9. The minimum absolute atomic E-state index is 0.0636. The Morgan fingerprint density at radius 3 is 2.41 bits per heavy atom. The summed E-state index contributed by atoms with van der Waals surface area (Å²) in [7, 11) is 0. The Balaban J connectivity index is 1.55. The molecule has 1 aromatic carbocycles. The third-order valence-corrected chi connectivity index (χ3v) is 5.79. The van der Waals surface area contributed by atoms with Crippen molar-refractivity contribution in [2.24, 2.45) is 0 Å². The SMILES string of the molecule is CCCN(CCC(=O)N1CCN(c2ccccc2OCC)CC1)C(=O)c1cc(C)oc1C. The van der Waals surface area contributed by atoms with Crippen LogP contribution in [-0.4, -0.2) is 67.5 Å². The number of anilines is 1. The number of piperazine rings is 1. The van der Waals surface area contributed by atoms with Gasteiger partial charge in [-0.25, -0.2) is 0 Å². The lowest BCUT2D eigenvalue weighted by molar-refractivity contribution is -0.131. The standard InChI is InChI=1S/C25H35N3O4/c1-5-12-28(25(30)21-18-19(3)32-20(21)4)13-11-24(29)27-16-14-26(15-17-27)22-9-7-8-10-23(22)31-6-2/h7-10,18H,5-6,11-17H2,1-4H3. The molecule has 32 heavy (non-hydrogen) atoms. The van der Waals surface area contributed by atoms with Crippen molar-refractivity contribution in [2.45, 2.75) is 40.5 Å². The highest BCUT2D eigenvalue weighted by molar-refractivity contribution is 5.95. The maximum atomic E-state index is 13.0. The largest absolute Gasteiger partial charge is 0.492 e. The van der Waals surface area contributed by atoms with Crippen LogP contribution in [0.1, 0.15) is 48.6 Å². The van der Waals surface area contributed by atoms with Gasteiger partial charge in [-0.15, -0.1) is 0 Å². The molecule has 0 radical (unpaired) electrons. The van der Waals surface area contributed by atoms with Gasteiger partial charge in [0.2, 0.25) is 5.91 Å². The Labute approximate surface area is 190 Å². The molecule has 7 nitrogen and oxygen atoms in total. The topological polar surface area (TPSA) is 66.2 Å². The van der Waals surface area contributed by atoms with Crippen molar-refractivity contribution < 1.29 is 18.7 Å². The Bertz CT molecular complexity index is 916. The van der Waals surface area contributed by atoms with Crippen LogP contribution in [0.25, 0.3) is 0 Å². The van der Waals surface area contributed by atoms with Crippen LogP contribution in [-0.2, 0) is 4.79 Å². The van der Waals surface area contributed by atoms with Gasteiger partial charge in [-0.2, -0.15) is 0 Å². The summed E-state index contributed by atoms with van der Waals surface area (Å²) in [6.07, 6.45) is 1.17. The Morgan fingerprint density at radius 2 is 1.78 bits per heavy atom. The number of furan rings is 1. The van der Waals surface area contributed by atoms with Crippen molar-refractivity contribution in [3.05, 3.63) is 47.4 Å². The van der Waals surface area contributed by atoms with Crippen molar-refractivity contribution in [3.8, 4) is 5.75 Å². The van der Waals surface area contributed by atoms with E-state index in [4.69, 9.17) is 9.15 Å². The zero-order valence-electron chi connectivity index (χ0n) is 19.7.